The smallest absolute Gasteiger partial charge is 0.251 e. The van der Waals surface area contributed by atoms with E-state index in [-0.39, 0.29) is 12.5 Å². The van der Waals surface area contributed by atoms with E-state index < -0.39 is 5.60 Å². The zero-order chi connectivity index (χ0) is 14.4. The lowest BCUT2D eigenvalue weighted by Crippen LogP contribution is -2.40. The summed E-state index contributed by atoms with van der Waals surface area (Å²) in [6.07, 6.45) is 8.66. The number of terminal acetylenes is 1. The molecule has 2 rings (SSSR count). The zero-order valence-electron chi connectivity index (χ0n) is 11.4. The van der Waals surface area contributed by atoms with Gasteiger partial charge in [-0.2, -0.15) is 0 Å². The van der Waals surface area contributed by atoms with E-state index >= 15 is 0 Å². The fourth-order valence-electron chi connectivity index (χ4n) is 2.38. The molecule has 4 nitrogen and oxygen atoms in total. The Bertz CT molecular complexity index is 495. The van der Waals surface area contributed by atoms with Crippen molar-refractivity contribution in [2.75, 3.05) is 13.2 Å². The van der Waals surface area contributed by atoms with Gasteiger partial charge in [-0.05, 0) is 37.1 Å². The normalized spacial score (nSPS) is 16.4. The van der Waals surface area contributed by atoms with Gasteiger partial charge in [0.15, 0.2) is 0 Å². The minimum Gasteiger partial charge on any atom is -0.481 e. The Morgan fingerprint density at radius 2 is 2.00 bits per heavy atom. The number of nitrogens with one attached hydrogen (secondary N) is 1. The van der Waals surface area contributed by atoms with E-state index in [9.17, 15) is 9.90 Å². The summed E-state index contributed by atoms with van der Waals surface area (Å²) in [5.74, 6) is 2.83. The zero-order valence-corrected chi connectivity index (χ0v) is 11.4. The number of ether oxygens (including phenoxy) is 1. The van der Waals surface area contributed by atoms with Crippen LogP contribution in [0.5, 0.6) is 5.75 Å². The molecule has 0 heterocycles. The third kappa shape index (κ3) is 3.75. The van der Waals surface area contributed by atoms with Crippen molar-refractivity contribution in [3.8, 4) is 18.1 Å². The van der Waals surface area contributed by atoms with E-state index in [4.69, 9.17) is 11.2 Å². The van der Waals surface area contributed by atoms with Crippen molar-refractivity contribution in [2.24, 2.45) is 0 Å². The fraction of sp³-hybridized carbons (Fsp3) is 0.438. The van der Waals surface area contributed by atoms with E-state index in [0.29, 0.717) is 17.9 Å². The van der Waals surface area contributed by atoms with Gasteiger partial charge in [0, 0.05) is 12.1 Å². The van der Waals surface area contributed by atoms with E-state index in [2.05, 4.69) is 11.2 Å². The first-order valence-electron chi connectivity index (χ1n) is 6.80. The van der Waals surface area contributed by atoms with E-state index in [1.54, 1.807) is 24.3 Å². The van der Waals surface area contributed by atoms with Gasteiger partial charge >= 0.3 is 0 Å². The molecule has 20 heavy (non-hydrogen) atoms. The number of benzene rings is 1. The molecular formula is C16H19NO3. The minimum absolute atomic E-state index is 0.186. The van der Waals surface area contributed by atoms with Crippen LogP contribution in [0.4, 0.5) is 0 Å². The molecular weight excluding hydrogens is 254 g/mol. The van der Waals surface area contributed by atoms with Gasteiger partial charge in [-0.25, -0.2) is 0 Å². The molecule has 1 aromatic carbocycles. The Hall–Kier alpha value is -1.99. The maximum atomic E-state index is 12.0. The van der Waals surface area contributed by atoms with Crippen LogP contribution in [-0.4, -0.2) is 29.8 Å². The van der Waals surface area contributed by atoms with Crippen LogP contribution in [-0.2, 0) is 0 Å². The second kappa shape index (κ2) is 6.44. The molecule has 106 valence electrons. The van der Waals surface area contributed by atoms with Crippen molar-refractivity contribution in [1.82, 2.24) is 5.32 Å². The van der Waals surface area contributed by atoms with Gasteiger partial charge in [-0.15, -0.1) is 6.42 Å². The monoisotopic (exact) mass is 273 g/mol. The Morgan fingerprint density at radius 3 is 2.60 bits per heavy atom. The molecule has 1 amide bonds. The average molecular weight is 273 g/mol. The third-order valence-electron chi connectivity index (χ3n) is 3.55. The van der Waals surface area contributed by atoms with Crippen LogP contribution in [0.25, 0.3) is 0 Å². The second-order valence-corrected chi connectivity index (χ2v) is 5.13. The van der Waals surface area contributed by atoms with Crippen LogP contribution >= 0.6 is 0 Å². The molecule has 0 saturated heterocycles. The van der Waals surface area contributed by atoms with Crippen molar-refractivity contribution >= 4 is 5.91 Å². The summed E-state index contributed by atoms with van der Waals surface area (Å²) in [4.78, 5) is 12.0. The number of hydrogen-bond acceptors (Lipinski definition) is 3. The molecule has 1 saturated carbocycles. The highest BCUT2D eigenvalue weighted by Crippen LogP contribution is 2.28. The maximum absolute atomic E-state index is 12.0. The van der Waals surface area contributed by atoms with Gasteiger partial charge in [0.2, 0.25) is 0 Å². The molecule has 0 spiro atoms. The molecule has 4 heteroatoms. The molecule has 1 aliphatic rings. The first-order valence-corrected chi connectivity index (χ1v) is 6.80. The minimum atomic E-state index is -0.731. The van der Waals surface area contributed by atoms with E-state index in [1.807, 2.05) is 0 Å². The molecule has 0 radical (unpaired) electrons. The third-order valence-corrected chi connectivity index (χ3v) is 3.55. The standard InChI is InChI=1S/C16H19NO3/c1-2-11-20-14-7-5-13(6-8-14)15(18)17-12-16(19)9-3-4-10-16/h1,5-8,19H,3-4,9-12H2,(H,17,18). The summed E-state index contributed by atoms with van der Waals surface area (Å²) in [7, 11) is 0. The van der Waals surface area contributed by atoms with Crippen molar-refractivity contribution in [1.29, 1.82) is 0 Å². The summed E-state index contributed by atoms with van der Waals surface area (Å²) >= 11 is 0. The molecule has 2 N–H and O–H groups in total. The largest absolute Gasteiger partial charge is 0.481 e. The van der Waals surface area contributed by atoms with Gasteiger partial charge in [0.05, 0.1) is 5.60 Å². The van der Waals surface area contributed by atoms with Crippen LogP contribution in [0.3, 0.4) is 0 Å². The highest BCUT2D eigenvalue weighted by molar-refractivity contribution is 5.94. The number of amides is 1. The van der Waals surface area contributed by atoms with Crippen molar-refractivity contribution in [2.45, 2.75) is 31.3 Å². The number of rotatable bonds is 5. The summed E-state index contributed by atoms with van der Waals surface area (Å²) < 4.78 is 5.24. The Kier molecular flexibility index (Phi) is 4.65. The first-order chi connectivity index (χ1) is 9.63. The number of hydrogen-bond donors (Lipinski definition) is 2. The van der Waals surface area contributed by atoms with Crippen LogP contribution in [0.2, 0.25) is 0 Å². The number of aliphatic hydroxyl groups is 1. The molecule has 1 fully saturated rings. The number of carbonyl (C=O) groups excluding carboxylic acids is 1. The Labute approximate surface area is 119 Å². The summed E-state index contributed by atoms with van der Waals surface area (Å²) in [5, 5.41) is 13.0. The van der Waals surface area contributed by atoms with Crippen LogP contribution in [0.15, 0.2) is 24.3 Å². The van der Waals surface area contributed by atoms with Gasteiger partial charge in [0.1, 0.15) is 12.4 Å². The number of carbonyl (C=O) groups is 1. The summed E-state index contributed by atoms with van der Waals surface area (Å²) in [6, 6.07) is 6.77. The van der Waals surface area contributed by atoms with Gasteiger partial charge in [0.25, 0.3) is 5.91 Å². The molecule has 1 aliphatic carbocycles. The molecule has 0 unspecified atom stereocenters. The maximum Gasteiger partial charge on any atom is 0.251 e. The fourth-order valence-corrected chi connectivity index (χ4v) is 2.38. The Balaban J connectivity index is 1.87. The van der Waals surface area contributed by atoms with Crippen molar-refractivity contribution < 1.29 is 14.6 Å². The van der Waals surface area contributed by atoms with Crippen LogP contribution in [0.1, 0.15) is 36.0 Å². The highest BCUT2D eigenvalue weighted by Gasteiger charge is 2.31. The van der Waals surface area contributed by atoms with Gasteiger partial charge < -0.3 is 15.2 Å². The Morgan fingerprint density at radius 1 is 1.35 bits per heavy atom. The molecule has 0 aliphatic heterocycles. The van der Waals surface area contributed by atoms with Crippen LogP contribution in [0, 0.1) is 12.3 Å². The first kappa shape index (κ1) is 14.4. The van der Waals surface area contributed by atoms with E-state index in [0.717, 1.165) is 25.7 Å². The molecule has 0 atom stereocenters. The second-order valence-electron chi connectivity index (χ2n) is 5.13. The predicted molar refractivity (Wildman–Crippen MR) is 76.5 cm³/mol. The lowest BCUT2D eigenvalue weighted by Gasteiger charge is -2.22. The van der Waals surface area contributed by atoms with Crippen molar-refractivity contribution in [3.05, 3.63) is 29.8 Å². The molecule has 0 bridgehead atoms. The van der Waals surface area contributed by atoms with Crippen molar-refractivity contribution in [3.63, 3.8) is 0 Å². The predicted octanol–water partition coefficient (Wildman–Crippen LogP) is 1.73. The van der Waals surface area contributed by atoms with Crippen LogP contribution < -0.4 is 10.1 Å². The SMILES string of the molecule is C#CCOc1ccc(C(=O)NCC2(O)CCCC2)cc1. The molecule has 0 aromatic heterocycles. The highest BCUT2D eigenvalue weighted by atomic mass is 16.5. The van der Waals surface area contributed by atoms with Gasteiger partial charge in [-0.1, -0.05) is 18.8 Å². The lowest BCUT2D eigenvalue weighted by atomic mass is 10.0. The summed E-state index contributed by atoms with van der Waals surface area (Å²) in [6.45, 7) is 0.514. The average Bonchev–Trinajstić information content (AvgIpc) is 2.90. The van der Waals surface area contributed by atoms with E-state index in [1.165, 1.54) is 0 Å². The van der Waals surface area contributed by atoms with Gasteiger partial charge in [-0.3, -0.25) is 4.79 Å². The quantitative estimate of drug-likeness (QED) is 0.803. The topological polar surface area (TPSA) is 58.6 Å². The molecule has 1 aromatic rings. The summed E-state index contributed by atoms with van der Waals surface area (Å²) in [5.41, 5.74) is -0.189. The lowest BCUT2D eigenvalue weighted by molar-refractivity contribution is 0.0449.